The first-order valence-electron chi connectivity index (χ1n) is 5.67. The number of carbonyl (C=O) groups excluding carboxylic acids is 1. The average molecular weight is 271 g/mol. The molecule has 1 aromatic rings. The topological polar surface area (TPSA) is 51.7 Å². The monoisotopic (exact) mass is 270 g/mol. The molecule has 2 heterocycles. The Bertz CT molecular complexity index is 453. The summed E-state index contributed by atoms with van der Waals surface area (Å²) >= 11 is 5.85. The number of methoxy groups -OCH3 is 2. The maximum atomic E-state index is 12.3. The Morgan fingerprint density at radius 1 is 1.50 bits per heavy atom. The van der Waals surface area contributed by atoms with Gasteiger partial charge in [0.1, 0.15) is 5.15 Å². The molecule has 2 rings (SSSR count). The van der Waals surface area contributed by atoms with Gasteiger partial charge in [0.25, 0.3) is 5.91 Å². The number of pyridine rings is 1. The molecule has 1 atom stereocenters. The number of carbonyl (C=O) groups is 1. The third-order valence-corrected chi connectivity index (χ3v) is 3.19. The van der Waals surface area contributed by atoms with Crippen LogP contribution in [0.2, 0.25) is 5.15 Å². The van der Waals surface area contributed by atoms with E-state index in [1.807, 2.05) is 0 Å². The number of amides is 1. The second-order valence-electron chi connectivity index (χ2n) is 4.12. The molecule has 0 N–H and O–H groups in total. The third kappa shape index (κ3) is 2.73. The molecule has 18 heavy (non-hydrogen) atoms. The summed E-state index contributed by atoms with van der Waals surface area (Å²) < 4.78 is 10.2. The normalized spacial score (nSPS) is 19.1. The van der Waals surface area contributed by atoms with Gasteiger partial charge in [0, 0.05) is 31.8 Å². The summed E-state index contributed by atoms with van der Waals surface area (Å²) in [7, 11) is 3.15. The number of likely N-dealkylation sites (tertiary alicyclic amines) is 1. The van der Waals surface area contributed by atoms with Gasteiger partial charge in [-0.3, -0.25) is 4.79 Å². The molecule has 1 fully saturated rings. The molecule has 98 valence electrons. The summed E-state index contributed by atoms with van der Waals surface area (Å²) in [4.78, 5) is 17.9. The summed E-state index contributed by atoms with van der Waals surface area (Å²) in [5.41, 5.74) is 0.489. The van der Waals surface area contributed by atoms with Crippen molar-refractivity contribution in [3.05, 3.63) is 22.8 Å². The van der Waals surface area contributed by atoms with Crippen molar-refractivity contribution in [2.24, 2.45) is 0 Å². The molecule has 1 amide bonds. The first-order chi connectivity index (χ1) is 8.63. The SMILES string of the molecule is COc1cc(C(=O)N2CC[C@H](OC)C2)cc(Cl)n1. The summed E-state index contributed by atoms with van der Waals surface area (Å²) in [5.74, 6) is 0.269. The molecule has 0 aliphatic carbocycles. The van der Waals surface area contributed by atoms with Gasteiger partial charge in [0.05, 0.1) is 13.2 Å². The fourth-order valence-electron chi connectivity index (χ4n) is 1.99. The van der Waals surface area contributed by atoms with Gasteiger partial charge in [-0.15, -0.1) is 0 Å². The third-order valence-electron chi connectivity index (χ3n) is 2.99. The number of ether oxygens (including phenoxy) is 2. The van der Waals surface area contributed by atoms with Crippen molar-refractivity contribution in [3.8, 4) is 5.88 Å². The van der Waals surface area contributed by atoms with Crippen LogP contribution in [0.3, 0.4) is 0 Å². The van der Waals surface area contributed by atoms with E-state index < -0.39 is 0 Å². The molecule has 1 aromatic heterocycles. The standard InChI is InChI=1S/C12H15ClN2O3/c1-17-9-3-4-15(7-9)12(16)8-5-10(13)14-11(6-8)18-2/h5-6,9H,3-4,7H2,1-2H3/t9-/m0/s1. The maximum Gasteiger partial charge on any atom is 0.254 e. The van der Waals surface area contributed by atoms with Crippen molar-refractivity contribution in [2.45, 2.75) is 12.5 Å². The average Bonchev–Trinajstić information content (AvgIpc) is 2.85. The lowest BCUT2D eigenvalue weighted by Crippen LogP contribution is -2.30. The molecule has 1 aliphatic rings. The van der Waals surface area contributed by atoms with Gasteiger partial charge in [-0.2, -0.15) is 0 Å². The minimum atomic E-state index is -0.0721. The highest BCUT2D eigenvalue weighted by Crippen LogP contribution is 2.20. The molecule has 5 nitrogen and oxygen atoms in total. The Labute approximate surface area is 111 Å². The van der Waals surface area contributed by atoms with Crippen LogP contribution in [-0.4, -0.2) is 49.2 Å². The second-order valence-corrected chi connectivity index (χ2v) is 4.51. The lowest BCUT2D eigenvalue weighted by molar-refractivity contribution is 0.0723. The van der Waals surface area contributed by atoms with Crippen molar-refractivity contribution in [2.75, 3.05) is 27.3 Å². The number of hydrogen-bond donors (Lipinski definition) is 0. The minimum Gasteiger partial charge on any atom is -0.481 e. The van der Waals surface area contributed by atoms with E-state index in [4.69, 9.17) is 21.1 Å². The van der Waals surface area contributed by atoms with Gasteiger partial charge in [-0.1, -0.05) is 11.6 Å². The minimum absolute atomic E-state index is 0.0721. The maximum absolute atomic E-state index is 12.3. The van der Waals surface area contributed by atoms with Crippen LogP contribution >= 0.6 is 11.6 Å². The van der Waals surface area contributed by atoms with Gasteiger partial charge in [0.2, 0.25) is 5.88 Å². The number of hydrogen-bond acceptors (Lipinski definition) is 4. The van der Waals surface area contributed by atoms with Crippen molar-refractivity contribution >= 4 is 17.5 Å². The quantitative estimate of drug-likeness (QED) is 0.783. The summed E-state index contributed by atoms with van der Waals surface area (Å²) in [6.45, 7) is 1.30. The van der Waals surface area contributed by atoms with Crippen molar-refractivity contribution in [1.82, 2.24) is 9.88 Å². The number of rotatable bonds is 3. The molecule has 0 bridgehead atoms. The molecular formula is C12H15ClN2O3. The van der Waals surface area contributed by atoms with E-state index >= 15 is 0 Å². The summed E-state index contributed by atoms with van der Waals surface area (Å²) in [6, 6.07) is 3.14. The largest absolute Gasteiger partial charge is 0.481 e. The molecule has 0 spiro atoms. The van der Waals surface area contributed by atoms with Crippen LogP contribution < -0.4 is 4.74 Å². The van der Waals surface area contributed by atoms with E-state index in [1.54, 1.807) is 24.1 Å². The fraction of sp³-hybridized carbons (Fsp3) is 0.500. The van der Waals surface area contributed by atoms with E-state index in [0.29, 0.717) is 24.5 Å². The predicted molar refractivity (Wildman–Crippen MR) is 67.1 cm³/mol. The van der Waals surface area contributed by atoms with Crippen LogP contribution in [-0.2, 0) is 4.74 Å². The van der Waals surface area contributed by atoms with Crippen LogP contribution in [0, 0.1) is 0 Å². The highest BCUT2D eigenvalue weighted by atomic mass is 35.5. The van der Waals surface area contributed by atoms with E-state index in [-0.39, 0.29) is 17.2 Å². The smallest absolute Gasteiger partial charge is 0.254 e. The zero-order chi connectivity index (χ0) is 13.1. The van der Waals surface area contributed by atoms with Gasteiger partial charge in [-0.25, -0.2) is 4.98 Å². The van der Waals surface area contributed by atoms with Crippen LogP contribution in [0.1, 0.15) is 16.8 Å². The van der Waals surface area contributed by atoms with Crippen molar-refractivity contribution in [1.29, 1.82) is 0 Å². The van der Waals surface area contributed by atoms with Crippen LogP contribution in [0.5, 0.6) is 5.88 Å². The molecule has 1 aliphatic heterocycles. The van der Waals surface area contributed by atoms with E-state index in [1.165, 1.54) is 7.11 Å². The van der Waals surface area contributed by atoms with E-state index in [9.17, 15) is 4.79 Å². The Morgan fingerprint density at radius 3 is 2.89 bits per heavy atom. The first kappa shape index (κ1) is 13.1. The molecule has 1 saturated heterocycles. The number of halogens is 1. The van der Waals surface area contributed by atoms with Gasteiger partial charge >= 0.3 is 0 Å². The van der Waals surface area contributed by atoms with Crippen LogP contribution in [0.15, 0.2) is 12.1 Å². The Balaban J connectivity index is 2.16. The second kappa shape index (κ2) is 5.54. The van der Waals surface area contributed by atoms with Gasteiger partial charge in [0.15, 0.2) is 0 Å². The Hall–Kier alpha value is -1.33. The molecule has 0 saturated carbocycles. The lowest BCUT2D eigenvalue weighted by atomic mass is 10.2. The highest BCUT2D eigenvalue weighted by molar-refractivity contribution is 6.29. The Kier molecular flexibility index (Phi) is 4.04. The molecule has 0 radical (unpaired) electrons. The number of aromatic nitrogens is 1. The zero-order valence-electron chi connectivity index (χ0n) is 10.4. The van der Waals surface area contributed by atoms with Crippen LogP contribution in [0.25, 0.3) is 0 Å². The molecule has 0 unspecified atom stereocenters. The van der Waals surface area contributed by atoms with Crippen LogP contribution in [0.4, 0.5) is 0 Å². The summed E-state index contributed by atoms with van der Waals surface area (Å²) in [5, 5.41) is 0.250. The molecule has 6 heteroatoms. The predicted octanol–water partition coefficient (Wildman–Crippen LogP) is 1.60. The highest BCUT2D eigenvalue weighted by Gasteiger charge is 2.27. The molecular weight excluding hydrogens is 256 g/mol. The fourth-order valence-corrected chi connectivity index (χ4v) is 2.19. The van der Waals surface area contributed by atoms with Gasteiger partial charge in [-0.05, 0) is 12.5 Å². The van der Waals surface area contributed by atoms with Crippen molar-refractivity contribution in [3.63, 3.8) is 0 Å². The lowest BCUT2D eigenvalue weighted by Gasteiger charge is -2.16. The first-order valence-corrected chi connectivity index (χ1v) is 6.05. The van der Waals surface area contributed by atoms with E-state index in [2.05, 4.69) is 4.98 Å². The number of nitrogens with zero attached hydrogens (tertiary/aromatic N) is 2. The zero-order valence-corrected chi connectivity index (χ0v) is 11.1. The summed E-state index contributed by atoms with van der Waals surface area (Å²) in [6.07, 6.45) is 0.978. The molecule has 0 aromatic carbocycles. The Morgan fingerprint density at radius 2 is 2.28 bits per heavy atom. The van der Waals surface area contributed by atoms with E-state index in [0.717, 1.165) is 6.42 Å². The van der Waals surface area contributed by atoms with Gasteiger partial charge < -0.3 is 14.4 Å². The van der Waals surface area contributed by atoms with Crippen molar-refractivity contribution < 1.29 is 14.3 Å².